The van der Waals surface area contributed by atoms with E-state index in [1.54, 1.807) is 0 Å². The number of ether oxygens (including phenoxy) is 1. The highest BCUT2D eigenvalue weighted by atomic mass is 16.5. The molecule has 0 spiro atoms. The monoisotopic (exact) mass is 382 g/mol. The van der Waals surface area contributed by atoms with E-state index in [2.05, 4.69) is 74.6 Å². The molecule has 1 unspecified atom stereocenters. The minimum atomic E-state index is -0.434. The summed E-state index contributed by atoms with van der Waals surface area (Å²) >= 11 is 0. The molecule has 0 aliphatic carbocycles. The molecule has 0 radical (unpaired) electrons. The van der Waals surface area contributed by atoms with Crippen LogP contribution in [0.1, 0.15) is 38.3 Å². The van der Waals surface area contributed by atoms with Gasteiger partial charge in [-0.15, -0.1) is 0 Å². The van der Waals surface area contributed by atoms with Crippen molar-refractivity contribution in [1.29, 1.82) is 0 Å². The van der Waals surface area contributed by atoms with E-state index >= 15 is 0 Å². The quantitative estimate of drug-likeness (QED) is 0.659. The fraction of sp³-hybridized carbons (Fsp3) is 0.458. The number of rotatable bonds is 10. The van der Waals surface area contributed by atoms with Crippen LogP contribution in [0.4, 0.5) is 0 Å². The lowest BCUT2D eigenvalue weighted by Gasteiger charge is -2.16. The number of carbonyl (C=O) groups excluding carboxylic acids is 1. The van der Waals surface area contributed by atoms with Gasteiger partial charge in [0.05, 0.1) is 0 Å². The number of nitrogens with one attached hydrogen (secondary N) is 1. The second-order valence-electron chi connectivity index (χ2n) is 8.01. The normalized spacial score (nSPS) is 12.4. The molecule has 0 aliphatic rings. The van der Waals surface area contributed by atoms with Crippen LogP contribution in [-0.2, 0) is 22.6 Å². The zero-order valence-electron chi connectivity index (χ0n) is 17.9. The second kappa shape index (κ2) is 11.0. The van der Waals surface area contributed by atoms with Crippen LogP contribution in [0.15, 0.2) is 48.5 Å². The molecule has 2 rings (SSSR count). The molecule has 0 heterocycles. The second-order valence-corrected chi connectivity index (χ2v) is 8.01. The predicted molar refractivity (Wildman–Crippen MR) is 116 cm³/mol. The number of nitrogens with zero attached hydrogens (tertiary/aromatic N) is 1. The summed E-state index contributed by atoms with van der Waals surface area (Å²) < 4.78 is 5.65. The summed E-state index contributed by atoms with van der Waals surface area (Å²) in [7, 11) is 4.14. The number of hydrogen-bond acceptors (Lipinski definition) is 3. The maximum absolute atomic E-state index is 12.3. The van der Waals surface area contributed by atoms with Crippen LogP contribution in [0.2, 0.25) is 0 Å². The third-order valence-electron chi connectivity index (χ3n) is 4.67. The first kappa shape index (κ1) is 22.1. The van der Waals surface area contributed by atoms with Crippen molar-refractivity contribution in [3.05, 3.63) is 59.7 Å². The molecule has 0 aliphatic heterocycles. The molecule has 0 saturated heterocycles. The van der Waals surface area contributed by atoms with Gasteiger partial charge in [0.25, 0.3) is 0 Å². The lowest BCUT2D eigenvalue weighted by Crippen LogP contribution is -2.34. The van der Waals surface area contributed by atoms with Crippen LogP contribution < -0.4 is 5.32 Å². The number of benzene rings is 2. The Morgan fingerprint density at radius 1 is 1.04 bits per heavy atom. The van der Waals surface area contributed by atoms with Gasteiger partial charge in [-0.2, -0.15) is 0 Å². The molecule has 1 atom stereocenters. The van der Waals surface area contributed by atoms with Crippen molar-refractivity contribution in [2.24, 2.45) is 5.92 Å². The zero-order chi connectivity index (χ0) is 20.5. The third kappa shape index (κ3) is 7.10. The van der Waals surface area contributed by atoms with Gasteiger partial charge < -0.3 is 15.0 Å². The molecule has 0 bridgehead atoms. The lowest BCUT2D eigenvalue weighted by molar-refractivity contribution is -0.132. The molecule has 1 amide bonds. The summed E-state index contributed by atoms with van der Waals surface area (Å²) in [5.41, 5.74) is 4.69. The minimum Gasteiger partial charge on any atom is -0.369 e. The van der Waals surface area contributed by atoms with Gasteiger partial charge in [0.1, 0.15) is 6.10 Å². The zero-order valence-corrected chi connectivity index (χ0v) is 17.9. The molecule has 4 nitrogen and oxygen atoms in total. The van der Waals surface area contributed by atoms with Crippen molar-refractivity contribution in [2.75, 3.05) is 20.7 Å². The standard InChI is InChI=1S/C24H34N2O2/c1-18(2)14-15-28-19(3)24(27)25-16-22-8-6-7-9-23(22)21-12-10-20(11-13-21)17-26(4)5/h6-13,18-19H,14-17H2,1-5H3,(H,25,27). The van der Waals surface area contributed by atoms with Crippen LogP contribution >= 0.6 is 0 Å². The van der Waals surface area contributed by atoms with E-state index in [1.165, 1.54) is 5.56 Å². The highest BCUT2D eigenvalue weighted by Gasteiger charge is 2.14. The largest absolute Gasteiger partial charge is 0.369 e. The van der Waals surface area contributed by atoms with E-state index in [1.807, 2.05) is 19.1 Å². The van der Waals surface area contributed by atoms with Crippen molar-refractivity contribution >= 4 is 5.91 Å². The Hall–Kier alpha value is -2.17. The van der Waals surface area contributed by atoms with E-state index in [4.69, 9.17) is 4.74 Å². The maximum Gasteiger partial charge on any atom is 0.249 e. The van der Waals surface area contributed by atoms with Crippen molar-refractivity contribution in [1.82, 2.24) is 10.2 Å². The summed E-state index contributed by atoms with van der Waals surface area (Å²) in [5.74, 6) is 0.506. The van der Waals surface area contributed by atoms with E-state index in [0.29, 0.717) is 19.1 Å². The average Bonchev–Trinajstić information content (AvgIpc) is 2.66. The van der Waals surface area contributed by atoms with Gasteiger partial charge in [-0.25, -0.2) is 0 Å². The van der Waals surface area contributed by atoms with Crippen LogP contribution in [0, 0.1) is 5.92 Å². The molecule has 152 valence electrons. The Balaban J connectivity index is 1.99. The minimum absolute atomic E-state index is 0.0695. The molecular formula is C24H34N2O2. The molecular weight excluding hydrogens is 348 g/mol. The van der Waals surface area contributed by atoms with Crippen LogP contribution in [0.3, 0.4) is 0 Å². The predicted octanol–water partition coefficient (Wildman–Crippen LogP) is 4.48. The van der Waals surface area contributed by atoms with Gasteiger partial charge in [-0.05, 0) is 55.6 Å². The summed E-state index contributed by atoms with van der Waals surface area (Å²) in [4.78, 5) is 14.5. The smallest absolute Gasteiger partial charge is 0.249 e. The molecule has 0 aromatic heterocycles. The summed E-state index contributed by atoms with van der Waals surface area (Å²) in [6.45, 7) is 8.14. The van der Waals surface area contributed by atoms with Gasteiger partial charge in [-0.1, -0.05) is 62.4 Å². The van der Waals surface area contributed by atoms with Gasteiger partial charge in [0.15, 0.2) is 0 Å². The maximum atomic E-state index is 12.3. The Kier molecular flexibility index (Phi) is 8.68. The first-order chi connectivity index (χ1) is 13.4. The molecule has 2 aromatic carbocycles. The fourth-order valence-electron chi connectivity index (χ4n) is 2.99. The first-order valence-corrected chi connectivity index (χ1v) is 10.1. The van der Waals surface area contributed by atoms with E-state index < -0.39 is 6.10 Å². The van der Waals surface area contributed by atoms with Crippen LogP contribution in [0.25, 0.3) is 11.1 Å². The van der Waals surface area contributed by atoms with Crippen molar-refractivity contribution < 1.29 is 9.53 Å². The molecule has 2 aromatic rings. The Labute approximate surface area is 169 Å². The average molecular weight is 383 g/mol. The number of amides is 1. The van der Waals surface area contributed by atoms with Crippen molar-refractivity contribution in [2.45, 2.75) is 46.4 Å². The Morgan fingerprint density at radius 2 is 1.71 bits per heavy atom. The van der Waals surface area contributed by atoms with Gasteiger partial charge in [0, 0.05) is 19.7 Å². The van der Waals surface area contributed by atoms with Crippen molar-refractivity contribution in [3.63, 3.8) is 0 Å². The number of hydrogen-bond donors (Lipinski definition) is 1. The number of carbonyl (C=O) groups is 1. The topological polar surface area (TPSA) is 41.6 Å². The van der Waals surface area contributed by atoms with Crippen LogP contribution in [-0.4, -0.2) is 37.6 Å². The third-order valence-corrected chi connectivity index (χ3v) is 4.67. The molecule has 4 heteroatoms. The summed E-state index contributed by atoms with van der Waals surface area (Å²) in [6, 6.07) is 16.8. The van der Waals surface area contributed by atoms with Crippen molar-refractivity contribution in [3.8, 4) is 11.1 Å². The van der Waals surface area contributed by atoms with E-state index in [9.17, 15) is 4.79 Å². The molecule has 28 heavy (non-hydrogen) atoms. The summed E-state index contributed by atoms with van der Waals surface area (Å²) in [5, 5.41) is 3.01. The van der Waals surface area contributed by atoms with E-state index in [-0.39, 0.29) is 5.91 Å². The molecule has 0 saturated carbocycles. The van der Waals surface area contributed by atoms with Gasteiger partial charge >= 0.3 is 0 Å². The highest BCUT2D eigenvalue weighted by Crippen LogP contribution is 2.24. The Bertz CT molecular complexity index is 739. The highest BCUT2D eigenvalue weighted by molar-refractivity contribution is 5.80. The molecule has 1 N–H and O–H groups in total. The Morgan fingerprint density at radius 3 is 2.36 bits per heavy atom. The fourth-order valence-corrected chi connectivity index (χ4v) is 2.99. The van der Waals surface area contributed by atoms with Gasteiger partial charge in [-0.3, -0.25) is 4.79 Å². The SMILES string of the molecule is CC(C)CCOC(C)C(=O)NCc1ccccc1-c1ccc(CN(C)C)cc1. The molecule has 0 fully saturated rings. The van der Waals surface area contributed by atoms with Crippen LogP contribution in [0.5, 0.6) is 0 Å². The first-order valence-electron chi connectivity index (χ1n) is 10.1. The summed E-state index contributed by atoms with van der Waals surface area (Å²) in [6.07, 6.45) is 0.529. The van der Waals surface area contributed by atoms with E-state index in [0.717, 1.165) is 29.7 Å². The van der Waals surface area contributed by atoms with Gasteiger partial charge in [0.2, 0.25) is 5.91 Å². The lowest BCUT2D eigenvalue weighted by atomic mass is 9.98.